The van der Waals surface area contributed by atoms with Gasteiger partial charge in [0.05, 0.1) is 26.0 Å². The Bertz CT molecular complexity index is 647. The van der Waals surface area contributed by atoms with Gasteiger partial charge < -0.3 is 14.4 Å². The van der Waals surface area contributed by atoms with Crippen LogP contribution < -0.4 is 14.4 Å². The van der Waals surface area contributed by atoms with E-state index in [2.05, 4.69) is 38.7 Å². The summed E-state index contributed by atoms with van der Waals surface area (Å²) in [5, 5.41) is 0. The number of methoxy groups -OCH3 is 1. The Balaban J connectivity index is 1.62. The Morgan fingerprint density at radius 3 is 2.70 bits per heavy atom. The van der Waals surface area contributed by atoms with Gasteiger partial charge in [0.1, 0.15) is 17.7 Å². The number of ether oxygens (including phenoxy) is 2. The minimum absolute atomic E-state index is 0.0564. The summed E-state index contributed by atoms with van der Waals surface area (Å²) in [5.74, 6) is 2.75. The lowest BCUT2D eigenvalue weighted by Crippen LogP contribution is -2.26. The van der Waals surface area contributed by atoms with E-state index in [-0.39, 0.29) is 6.10 Å². The second-order valence-corrected chi connectivity index (χ2v) is 5.81. The molecule has 0 radical (unpaired) electrons. The molecule has 2 aromatic rings. The topological polar surface area (TPSA) is 73.3 Å². The molecule has 0 amide bonds. The summed E-state index contributed by atoms with van der Waals surface area (Å²) in [5.41, 5.74) is 0. The van der Waals surface area contributed by atoms with E-state index in [0.717, 1.165) is 31.2 Å². The Labute approximate surface area is 135 Å². The van der Waals surface area contributed by atoms with Crippen molar-refractivity contribution in [1.82, 2.24) is 19.9 Å². The summed E-state index contributed by atoms with van der Waals surface area (Å²) < 4.78 is 10.9. The molecule has 0 N–H and O–H groups in total. The van der Waals surface area contributed by atoms with Crippen LogP contribution in [0.4, 0.5) is 5.82 Å². The molecule has 1 fully saturated rings. The van der Waals surface area contributed by atoms with Crippen molar-refractivity contribution in [3.8, 4) is 11.8 Å². The molecule has 1 aliphatic rings. The Morgan fingerprint density at radius 1 is 1.22 bits per heavy atom. The largest absolute Gasteiger partial charge is 0.494 e. The Morgan fingerprint density at radius 2 is 2.00 bits per heavy atom. The maximum absolute atomic E-state index is 5.84. The number of anilines is 1. The highest BCUT2D eigenvalue weighted by Gasteiger charge is 2.26. The molecule has 0 aromatic carbocycles. The van der Waals surface area contributed by atoms with Crippen LogP contribution in [0.15, 0.2) is 24.7 Å². The fraction of sp³-hybridized carbons (Fsp3) is 0.500. The van der Waals surface area contributed by atoms with E-state index >= 15 is 0 Å². The van der Waals surface area contributed by atoms with Crippen molar-refractivity contribution in [2.75, 3.05) is 25.1 Å². The average Bonchev–Trinajstić information content (AvgIpc) is 3.04. The van der Waals surface area contributed by atoms with Crippen LogP contribution in [-0.4, -0.2) is 46.2 Å². The van der Waals surface area contributed by atoms with Gasteiger partial charge in [0, 0.05) is 25.1 Å². The molecular formula is C16H21N5O2. The predicted octanol–water partition coefficient (Wildman–Crippen LogP) is 2.06. The van der Waals surface area contributed by atoms with E-state index in [4.69, 9.17) is 9.47 Å². The molecule has 1 saturated heterocycles. The van der Waals surface area contributed by atoms with Crippen molar-refractivity contribution in [2.24, 2.45) is 0 Å². The molecule has 122 valence electrons. The lowest BCUT2D eigenvalue weighted by Gasteiger charge is -2.18. The van der Waals surface area contributed by atoms with Gasteiger partial charge >= 0.3 is 6.01 Å². The lowest BCUT2D eigenvalue weighted by molar-refractivity contribution is 0.205. The normalized spacial score (nSPS) is 17.6. The smallest absolute Gasteiger partial charge is 0.316 e. The van der Waals surface area contributed by atoms with Crippen LogP contribution in [0.1, 0.15) is 32.0 Å². The fourth-order valence-electron chi connectivity index (χ4n) is 2.47. The van der Waals surface area contributed by atoms with Crippen LogP contribution in [-0.2, 0) is 0 Å². The number of nitrogens with zero attached hydrogens (tertiary/aromatic N) is 5. The third-order valence-corrected chi connectivity index (χ3v) is 3.76. The molecule has 0 saturated carbocycles. The summed E-state index contributed by atoms with van der Waals surface area (Å²) in [6.45, 7) is 5.85. The predicted molar refractivity (Wildman–Crippen MR) is 86.0 cm³/mol. The monoisotopic (exact) mass is 315 g/mol. The van der Waals surface area contributed by atoms with E-state index < -0.39 is 0 Å². The molecule has 1 unspecified atom stereocenters. The molecule has 7 nitrogen and oxygen atoms in total. The van der Waals surface area contributed by atoms with Gasteiger partial charge in [-0.3, -0.25) is 0 Å². The van der Waals surface area contributed by atoms with Gasteiger partial charge in [-0.15, -0.1) is 0 Å². The lowest BCUT2D eigenvalue weighted by atomic mass is 10.2. The van der Waals surface area contributed by atoms with Crippen molar-refractivity contribution in [3.63, 3.8) is 0 Å². The van der Waals surface area contributed by atoms with Crippen LogP contribution >= 0.6 is 0 Å². The van der Waals surface area contributed by atoms with E-state index in [0.29, 0.717) is 17.7 Å². The molecule has 0 aliphatic carbocycles. The van der Waals surface area contributed by atoms with E-state index in [1.165, 1.54) is 0 Å². The van der Waals surface area contributed by atoms with Crippen LogP contribution in [0.3, 0.4) is 0 Å². The molecule has 3 rings (SSSR count). The first kappa shape index (κ1) is 15.5. The zero-order valence-electron chi connectivity index (χ0n) is 13.6. The van der Waals surface area contributed by atoms with Crippen molar-refractivity contribution in [1.29, 1.82) is 0 Å². The third kappa shape index (κ3) is 3.67. The highest BCUT2D eigenvalue weighted by molar-refractivity contribution is 5.39. The van der Waals surface area contributed by atoms with Gasteiger partial charge in [0.2, 0.25) is 0 Å². The maximum atomic E-state index is 5.84. The quantitative estimate of drug-likeness (QED) is 0.836. The van der Waals surface area contributed by atoms with E-state index in [1.54, 1.807) is 19.5 Å². The summed E-state index contributed by atoms with van der Waals surface area (Å²) in [6, 6.07) is 2.32. The number of aromatic nitrogens is 4. The van der Waals surface area contributed by atoms with Crippen LogP contribution in [0.25, 0.3) is 0 Å². The third-order valence-electron chi connectivity index (χ3n) is 3.76. The summed E-state index contributed by atoms with van der Waals surface area (Å²) in [6.07, 6.45) is 6.00. The number of rotatable bonds is 5. The van der Waals surface area contributed by atoms with E-state index in [1.807, 2.05) is 12.3 Å². The summed E-state index contributed by atoms with van der Waals surface area (Å²) >= 11 is 0. The molecule has 7 heteroatoms. The van der Waals surface area contributed by atoms with Crippen molar-refractivity contribution in [3.05, 3.63) is 30.5 Å². The molecule has 23 heavy (non-hydrogen) atoms. The van der Waals surface area contributed by atoms with Crippen molar-refractivity contribution in [2.45, 2.75) is 32.3 Å². The summed E-state index contributed by atoms with van der Waals surface area (Å²) in [4.78, 5) is 19.4. The molecule has 2 aromatic heterocycles. The Hall–Kier alpha value is -2.44. The van der Waals surface area contributed by atoms with Gasteiger partial charge in [-0.1, -0.05) is 13.8 Å². The van der Waals surface area contributed by atoms with Crippen LogP contribution in [0, 0.1) is 0 Å². The van der Waals surface area contributed by atoms with Gasteiger partial charge in [-0.25, -0.2) is 9.97 Å². The second kappa shape index (κ2) is 6.76. The Kier molecular flexibility index (Phi) is 4.55. The molecule has 1 atom stereocenters. The van der Waals surface area contributed by atoms with E-state index in [9.17, 15) is 0 Å². The molecule has 3 heterocycles. The SMILES string of the molecule is COc1cnc(OC2CCN(c3ccnc(C(C)C)n3)C2)nc1. The van der Waals surface area contributed by atoms with Crippen molar-refractivity contribution < 1.29 is 9.47 Å². The fourth-order valence-corrected chi connectivity index (χ4v) is 2.47. The first-order valence-electron chi connectivity index (χ1n) is 7.76. The van der Waals surface area contributed by atoms with Gasteiger partial charge in [0.25, 0.3) is 0 Å². The van der Waals surface area contributed by atoms with Gasteiger partial charge in [-0.2, -0.15) is 9.97 Å². The number of hydrogen-bond donors (Lipinski definition) is 0. The zero-order chi connectivity index (χ0) is 16.2. The van der Waals surface area contributed by atoms with Crippen LogP contribution in [0.5, 0.6) is 11.8 Å². The minimum Gasteiger partial charge on any atom is -0.494 e. The number of hydrogen-bond acceptors (Lipinski definition) is 7. The van der Waals surface area contributed by atoms with Gasteiger partial charge in [-0.05, 0) is 6.07 Å². The highest BCUT2D eigenvalue weighted by atomic mass is 16.5. The molecule has 0 spiro atoms. The van der Waals surface area contributed by atoms with Crippen molar-refractivity contribution >= 4 is 5.82 Å². The first-order chi connectivity index (χ1) is 11.2. The first-order valence-corrected chi connectivity index (χ1v) is 7.76. The standard InChI is InChI=1S/C16H21N5O2/c1-11(2)15-17-6-4-14(20-15)21-7-5-12(10-21)23-16-18-8-13(22-3)9-19-16/h4,6,8-9,11-12H,5,7,10H2,1-3H3. The molecule has 1 aliphatic heterocycles. The van der Waals surface area contributed by atoms with Gasteiger partial charge in [0.15, 0.2) is 5.75 Å². The maximum Gasteiger partial charge on any atom is 0.316 e. The minimum atomic E-state index is 0.0564. The van der Waals surface area contributed by atoms with Crippen LogP contribution in [0.2, 0.25) is 0 Å². The average molecular weight is 315 g/mol. The highest BCUT2D eigenvalue weighted by Crippen LogP contribution is 2.22. The molecule has 0 bridgehead atoms. The summed E-state index contributed by atoms with van der Waals surface area (Å²) in [7, 11) is 1.58. The molecular weight excluding hydrogens is 294 g/mol. The zero-order valence-corrected chi connectivity index (χ0v) is 13.6. The second-order valence-electron chi connectivity index (χ2n) is 5.81.